The zero-order valence-corrected chi connectivity index (χ0v) is 11.7. The summed E-state index contributed by atoms with van der Waals surface area (Å²) in [5.41, 5.74) is -1.13. The van der Waals surface area contributed by atoms with Gasteiger partial charge in [0.05, 0.1) is 0 Å². The summed E-state index contributed by atoms with van der Waals surface area (Å²) in [6.07, 6.45) is 2.61. The van der Waals surface area contributed by atoms with Crippen molar-refractivity contribution in [1.82, 2.24) is 10.2 Å². The van der Waals surface area contributed by atoms with Crippen LogP contribution in [0.3, 0.4) is 0 Å². The van der Waals surface area contributed by atoms with Crippen molar-refractivity contribution >= 4 is 12.0 Å². The minimum atomic E-state index is -1.13. The third kappa shape index (κ3) is 3.15. The molecule has 0 heterocycles. The van der Waals surface area contributed by atoms with Gasteiger partial charge in [-0.15, -0.1) is 0 Å². The molecule has 0 saturated heterocycles. The van der Waals surface area contributed by atoms with E-state index in [9.17, 15) is 14.7 Å². The lowest BCUT2D eigenvalue weighted by Crippen LogP contribution is -2.58. The van der Waals surface area contributed by atoms with Crippen molar-refractivity contribution in [2.24, 2.45) is 5.92 Å². The van der Waals surface area contributed by atoms with Crippen LogP contribution in [0.1, 0.15) is 47.0 Å². The Labute approximate surface area is 109 Å². The van der Waals surface area contributed by atoms with Crippen LogP contribution in [0.2, 0.25) is 0 Å². The number of nitrogens with zero attached hydrogens (tertiary/aromatic N) is 1. The highest BCUT2D eigenvalue weighted by Crippen LogP contribution is 2.39. The van der Waals surface area contributed by atoms with Crippen LogP contribution in [0.25, 0.3) is 0 Å². The van der Waals surface area contributed by atoms with Crippen LogP contribution in [0.15, 0.2) is 0 Å². The zero-order valence-electron chi connectivity index (χ0n) is 11.7. The van der Waals surface area contributed by atoms with Crippen LogP contribution >= 0.6 is 0 Å². The Kier molecular flexibility index (Phi) is 4.59. The smallest absolute Gasteiger partial charge is 0.329 e. The van der Waals surface area contributed by atoms with Crippen LogP contribution in [0, 0.1) is 5.92 Å². The van der Waals surface area contributed by atoms with E-state index in [2.05, 4.69) is 5.32 Å². The first-order valence-corrected chi connectivity index (χ1v) is 6.65. The topological polar surface area (TPSA) is 69.6 Å². The van der Waals surface area contributed by atoms with Crippen LogP contribution in [-0.2, 0) is 4.79 Å². The highest BCUT2D eigenvalue weighted by Gasteiger charge is 2.49. The molecule has 5 heteroatoms. The molecule has 0 aromatic rings. The quantitative estimate of drug-likeness (QED) is 0.764. The highest BCUT2D eigenvalue weighted by molar-refractivity contribution is 5.86. The summed E-state index contributed by atoms with van der Waals surface area (Å²) in [6, 6.07) is -0.203. The molecule has 1 aliphatic rings. The Balaban J connectivity index is 2.74. The molecule has 0 aromatic carbocycles. The first-order valence-electron chi connectivity index (χ1n) is 6.65. The van der Waals surface area contributed by atoms with Gasteiger partial charge in [0, 0.05) is 12.6 Å². The Morgan fingerprint density at radius 1 is 1.44 bits per heavy atom. The van der Waals surface area contributed by atoms with Crippen molar-refractivity contribution in [2.45, 2.75) is 58.5 Å². The summed E-state index contributed by atoms with van der Waals surface area (Å²) in [7, 11) is 0. The maximum Gasteiger partial charge on any atom is 0.329 e. The highest BCUT2D eigenvalue weighted by atomic mass is 16.4. The molecule has 5 nitrogen and oxygen atoms in total. The Hall–Kier alpha value is -1.26. The van der Waals surface area contributed by atoms with Crippen LogP contribution in [0.4, 0.5) is 4.79 Å². The zero-order chi connectivity index (χ0) is 13.9. The molecule has 0 bridgehead atoms. The predicted octanol–water partition coefficient (Wildman–Crippen LogP) is 2.07. The van der Waals surface area contributed by atoms with E-state index in [4.69, 9.17) is 0 Å². The van der Waals surface area contributed by atoms with Crippen molar-refractivity contribution in [3.8, 4) is 0 Å². The van der Waals surface area contributed by atoms with E-state index in [1.807, 2.05) is 20.8 Å². The summed E-state index contributed by atoms with van der Waals surface area (Å²) in [5.74, 6) is -0.881. The van der Waals surface area contributed by atoms with Gasteiger partial charge >= 0.3 is 12.0 Å². The second kappa shape index (κ2) is 5.59. The number of aliphatic carboxylic acids is 1. The Morgan fingerprint density at radius 3 is 2.33 bits per heavy atom. The fourth-order valence-corrected chi connectivity index (χ4v) is 2.12. The van der Waals surface area contributed by atoms with Crippen molar-refractivity contribution in [2.75, 3.05) is 6.54 Å². The first-order chi connectivity index (χ1) is 8.32. The van der Waals surface area contributed by atoms with E-state index in [0.29, 0.717) is 6.54 Å². The Morgan fingerprint density at radius 2 is 2.00 bits per heavy atom. The molecular weight excluding hydrogens is 232 g/mol. The van der Waals surface area contributed by atoms with Crippen molar-refractivity contribution in [1.29, 1.82) is 0 Å². The molecular formula is C13H24N2O3. The molecule has 1 rings (SSSR count). The number of amides is 2. The summed E-state index contributed by atoms with van der Waals surface area (Å²) in [4.78, 5) is 25.2. The van der Waals surface area contributed by atoms with Crippen molar-refractivity contribution in [3.63, 3.8) is 0 Å². The normalized spacial score (nSPS) is 18.3. The lowest BCUT2D eigenvalue weighted by molar-refractivity contribution is -0.144. The largest absolute Gasteiger partial charge is 0.480 e. The van der Waals surface area contributed by atoms with Crippen LogP contribution < -0.4 is 5.32 Å². The lowest BCUT2D eigenvalue weighted by Gasteiger charge is -2.32. The number of urea groups is 1. The molecule has 0 radical (unpaired) electrons. The van der Waals surface area contributed by atoms with Gasteiger partial charge < -0.3 is 15.3 Å². The second-order valence-corrected chi connectivity index (χ2v) is 5.50. The first kappa shape index (κ1) is 14.8. The van der Waals surface area contributed by atoms with E-state index < -0.39 is 11.5 Å². The number of hydrogen-bond donors (Lipinski definition) is 2. The summed E-state index contributed by atoms with van der Waals surface area (Å²) < 4.78 is 0. The van der Waals surface area contributed by atoms with E-state index in [1.54, 1.807) is 11.8 Å². The van der Waals surface area contributed by atoms with Crippen molar-refractivity contribution < 1.29 is 14.7 Å². The minimum Gasteiger partial charge on any atom is -0.480 e. The maximum absolute atomic E-state index is 12.2. The van der Waals surface area contributed by atoms with E-state index in [1.165, 1.54) is 0 Å². The number of rotatable bonds is 6. The van der Waals surface area contributed by atoms with Gasteiger partial charge in [0.1, 0.15) is 5.54 Å². The number of carbonyl (C=O) groups is 2. The number of hydrogen-bond acceptors (Lipinski definition) is 2. The van der Waals surface area contributed by atoms with Gasteiger partial charge in [0.15, 0.2) is 0 Å². The average molecular weight is 256 g/mol. The van der Waals surface area contributed by atoms with Gasteiger partial charge in [-0.2, -0.15) is 0 Å². The fourth-order valence-electron chi connectivity index (χ4n) is 2.12. The third-order valence-corrected chi connectivity index (χ3v) is 3.55. The SMILES string of the molecule is CCCN(C(=O)NC(C)(C(=O)O)C1CC1)C(C)C. The third-order valence-electron chi connectivity index (χ3n) is 3.55. The number of carboxylic acids is 1. The molecule has 0 aliphatic heterocycles. The van der Waals surface area contributed by atoms with Gasteiger partial charge in [-0.25, -0.2) is 9.59 Å². The lowest BCUT2D eigenvalue weighted by atomic mass is 9.96. The maximum atomic E-state index is 12.2. The molecule has 1 unspecified atom stereocenters. The van der Waals surface area contributed by atoms with E-state index >= 15 is 0 Å². The summed E-state index contributed by atoms with van der Waals surface area (Å²) >= 11 is 0. The molecule has 2 N–H and O–H groups in total. The molecule has 1 fully saturated rings. The molecule has 2 amide bonds. The summed E-state index contributed by atoms with van der Waals surface area (Å²) in [5, 5.41) is 12.0. The number of carbonyl (C=O) groups excluding carboxylic acids is 1. The summed E-state index contributed by atoms with van der Waals surface area (Å²) in [6.45, 7) is 8.12. The van der Waals surface area contributed by atoms with Crippen LogP contribution in [0.5, 0.6) is 0 Å². The molecule has 0 aromatic heterocycles. The monoisotopic (exact) mass is 256 g/mol. The molecule has 1 aliphatic carbocycles. The van der Waals surface area contributed by atoms with Crippen molar-refractivity contribution in [3.05, 3.63) is 0 Å². The second-order valence-electron chi connectivity index (χ2n) is 5.50. The molecule has 0 spiro atoms. The molecule has 1 atom stereocenters. The number of nitrogens with one attached hydrogen (secondary N) is 1. The molecule has 18 heavy (non-hydrogen) atoms. The Bertz CT molecular complexity index is 326. The van der Waals surface area contributed by atoms with Gasteiger partial charge in [0.25, 0.3) is 0 Å². The van der Waals surface area contributed by atoms with E-state index in [0.717, 1.165) is 19.3 Å². The van der Waals surface area contributed by atoms with Gasteiger partial charge in [-0.1, -0.05) is 6.92 Å². The average Bonchev–Trinajstić information content (AvgIpc) is 3.08. The number of carboxylic acid groups (broad SMARTS) is 1. The standard InChI is InChI=1S/C13H24N2O3/c1-5-8-15(9(2)3)12(18)14-13(4,11(16)17)10-6-7-10/h9-10H,5-8H2,1-4H3,(H,14,18)(H,16,17). The van der Waals surface area contributed by atoms with Gasteiger partial charge in [-0.3, -0.25) is 0 Å². The minimum absolute atomic E-state index is 0.0644. The fraction of sp³-hybridized carbons (Fsp3) is 0.846. The van der Waals surface area contributed by atoms with Crippen LogP contribution in [-0.4, -0.2) is 40.1 Å². The predicted molar refractivity (Wildman–Crippen MR) is 69.4 cm³/mol. The van der Waals surface area contributed by atoms with Gasteiger partial charge in [-0.05, 0) is 46.0 Å². The molecule has 1 saturated carbocycles. The van der Waals surface area contributed by atoms with E-state index in [-0.39, 0.29) is 18.0 Å². The van der Waals surface area contributed by atoms with Gasteiger partial charge in [0.2, 0.25) is 0 Å². The molecule has 104 valence electrons.